The normalized spacial score (nSPS) is 13.1. The number of sulfonamides is 1. The van der Waals surface area contributed by atoms with Crippen LogP contribution in [0.4, 0.5) is 14.5 Å². The lowest BCUT2D eigenvalue weighted by Crippen LogP contribution is -2.28. The summed E-state index contributed by atoms with van der Waals surface area (Å²) in [6.45, 7) is 1.54. The standard InChI is InChI=1S/C13H13F2N3O2S/c1-8(11-4-2-3-5-17-11)18-21(19,20)12-7-9(16)6-10(14)13(12)15/h2-8,18H,16H2,1H3. The monoisotopic (exact) mass is 313 g/mol. The molecule has 1 atom stereocenters. The average Bonchev–Trinajstić information content (AvgIpc) is 2.43. The number of nitrogens with one attached hydrogen (secondary N) is 1. The van der Waals surface area contributed by atoms with Crippen molar-refractivity contribution in [1.82, 2.24) is 9.71 Å². The van der Waals surface area contributed by atoms with Crippen LogP contribution in [0.5, 0.6) is 0 Å². The molecule has 0 aliphatic carbocycles. The van der Waals surface area contributed by atoms with Crippen LogP contribution in [0.1, 0.15) is 18.7 Å². The molecule has 0 aliphatic heterocycles. The lowest BCUT2D eigenvalue weighted by molar-refractivity contribution is 0.482. The van der Waals surface area contributed by atoms with E-state index in [9.17, 15) is 17.2 Å². The fourth-order valence-corrected chi connectivity index (χ4v) is 3.11. The third-order valence-electron chi connectivity index (χ3n) is 2.77. The molecule has 3 N–H and O–H groups in total. The van der Waals surface area contributed by atoms with Crippen molar-refractivity contribution >= 4 is 15.7 Å². The number of rotatable bonds is 4. The van der Waals surface area contributed by atoms with E-state index >= 15 is 0 Å². The molecule has 1 unspecified atom stereocenters. The minimum absolute atomic E-state index is 0.181. The summed E-state index contributed by atoms with van der Waals surface area (Å²) in [4.78, 5) is 3.16. The second kappa shape index (κ2) is 5.74. The van der Waals surface area contributed by atoms with Gasteiger partial charge in [0.05, 0.1) is 11.7 Å². The molecule has 1 heterocycles. The van der Waals surface area contributed by atoms with E-state index in [-0.39, 0.29) is 5.69 Å². The number of anilines is 1. The third kappa shape index (κ3) is 3.34. The van der Waals surface area contributed by atoms with Crippen LogP contribution in [0, 0.1) is 11.6 Å². The van der Waals surface area contributed by atoms with Gasteiger partial charge in [-0.1, -0.05) is 6.07 Å². The first-order chi connectivity index (χ1) is 9.81. The number of benzene rings is 1. The molecule has 1 aromatic carbocycles. The zero-order chi connectivity index (χ0) is 15.6. The molecule has 0 radical (unpaired) electrons. The van der Waals surface area contributed by atoms with Gasteiger partial charge < -0.3 is 5.73 Å². The van der Waals surface area contributed by atoms with Crippen molar-refractivity contribution in [2.75, 3.05) is 5.73 Å². The van der Waals surface area contributed by atoms with E-state index in [1.54, 1.807) is 25.1 Å². The van der Waals surface area contributed by atoms with Crippen LogP contribution >= 0.6 is 0 Å². The first-order valence-corrected chi connectivity index (χ1v) is 7.47. The minimum atomic E-state index is -4.27. The predicted octanol–water partition coefficient (Wildman–Crippen LogP) is 1.98. The Labute approximate surface area is 120 Å². The van der Waals surface area contributed by atoms with Crippen molar-refractivity contribution in [2.24, 2.45) is 0 Å². The SMILES string of the molecule is CC(NS(=O)(=O)c1cc(N)cc(F)c1F)c1ccccn1. The first kappa shape index (κ1) is 15.3. The zero-order valence-electron chi connectivity index (χ0n) is 11.0. The topological polar surface area (TPSA) is 85.1 Å². The molecule has 0 bridgehead atoms. The zero-order valence-corrected chi connectivity index (χ0v) is 11.9. The van der Waals surface area contributed by atoms with Crippen LogP contribution in [0.25, 0.3) is 0 Å². The van der Waals surface area contributed by atoms with Crippen LogP contribution in [0.2, 0.25) is 0 Å². The highest BCUT2D eigenvalue weighted by Crippen LogP contribution is 2.22. The summed E-state index contributed by atoms with van der Waals surface area (Å²) in [5.74, 6) is -2.79. The van der Waals surface area contributed by atoms with Gasteiger partial charge >= 0.3 is 0 Å². The van der Waals surface area contributed by atoms with E-state index in [0.717, 1.165) is 12.1 Å². The maximum absolute atomic E-state index is 13.7. The van der Waals surface area contributed by atoms with Gasteiger partial charge in [-0.3, -0.25) is 4.98 Å². The summed E-state index contributed by atoms with van der Waals surface area (Å²) < 4.78 is 53.4. The molecule has 2 aromatic rings. The van der Waals surface area contributed by atoms with Gasteiger partial charge in [0.2, 0.25) is 10.0 Å². The molecule has 8 heteroatoms. The minimum Gasteiger partial charge on any atom is -0.399 e. The van der Waals surface area contributed by atoms with Crippen molar-refractivity contribution in [3.63, 3.8) is 0 Å². The van der Waals surface area contributed by atoms with Gasteiger partial charge in [-0.2, -0.15) is 0 Å². The van der Waals surface area contributed by atoms with Crippen molar-refractivity contribution in [3.8, 4) is 0 Å². The molecule has 5 nitrogen and oxygen atoms in total. The first-order valence-electron chi connectivity index (χ1n) is 5.99. The lowest BCUT2D eigenvalue weighted by atomic mass is 10.2. The molecular weight excluding hydrogens is 300 g/mol. The number of halogens is 2. The van der Waals surface area contributed by atoms with Crippen LogP contribution < -0.4 is 10.5 Å². The lowest BCUT2D eigenvalue weighted by Gasteiger charge is -2.14. The molecule has 112 valence electrons. The summed E-state index contributed by atoms with van der Waals surface area (Å²) in [7, 11) is -4.27. The van der Waals surface area contributed by atoms with Crippen molar-refractivity contribution in [2.45, 2.75) is 17.9 Å². The summed E-state index contributed by atoms with van der Waals surface area (Å²) in [6, 6.07) is 5.86. The molecule has 2 rings (SSSR count). The van der Waals surface area contributed by atoms with E-state index < -0.39 is 32.6 Å². The average molecular weight is 313 g/mol. The maximum Gasteiger partial charge on any atom is 0.244 e. The number of hydrogen-bond donors (Lipinski definition) is 2. The second-order valence-corrected chi connectivity index (χ2v) is 6.09. The highest BCUT2D eigenvalue weighted by Gasteiger charge is 2.25. The van der Waals surface area contributed by atoms with E-state index in [0.29, 0.717) is 5.69 Å². The summed E-state index contributed by atoms with van der Waals surface area (Å²) >= 11 is 0. The molecule has 0 saturated carbocycles. The van der Waals surface area contributed by atoms with E-state index in [1.807, 2.05) is 0 Å². The van der Waals surface area contributed by atoms with E-state index in [1.165, 1.54) is 6.20 Å². The number of nitrogens with zero attached hydrogens (tertiary/aromatic N) is 1. The summed E-state index contributed by atoms with van der Waals surface area (Å²) in [6.07, 6.45) is 1.50. The largest absolute Gasteiger partial charge is 0.399 e. The van der Waals surface area contributed by atoms with Crippen LogP contribution in [0.3, 0.4) is 0 Å². The Hall–Kier alpha value is -2.06. The highest BCUT2D eigenvalue weighted by molar-refractivity contribution is 7.89. The van der Waals surface area contributed by atoms with Gasteiger partial charge in [-0.15, -0.1) is 0 Å². The van der Waals surface area contributed by atoms with E-state index in [4.69, 9.17) is 5.73 Å². The van der Waals surface area contributed by atoms with E-state index in [2.05, 4.69) is 9.71 Å². The van der Waals surface area contributed by atoms with Crippen molar-refractivity contribution < 1.29 is 17.2 Å². The van der Waals surface area contributed by atoms with Crippen molar-refractivity contribution in [3.05, 3.63) is 53.9 Å². The Morgan fingerprint density at radius 3 is 2.62 bits per heavy atom. The van der Waals surface area contributed by atoms with Crippen molar-refractivity contribution in [1.29, 1.82) is 0 Å². The Balaban J connectivity index is 2.35. The second-order valence-electron chi connectivity index (χ2n) is 4.41. The van der Waals surface area contributed by atoms with Gasteiger partial charge in [0.15, 0.2) is 11.6 Å². The van der Waals surface area contributed by atoms with Gasteiger partial charge in [0.25, 0.3) is 0 Å². The Morgan fingerprint density at radius 2 is 2.00 bits per heavy atom. The van der Waals surface area contributed by atoms with Crippen LogP contribution in [0.15, 0.2) is 41.4 Å². The summed E-state index contributed by atoms with van der Waals surface area (Å²) in [5.41, 5.74) is 5.62. The highest BCUT2D eigenvalue weighted by atomic mass is 32.2. The van der Waals surface area contributed by atoms with Gasteiger partial charge in [-0.25, -0.2) is 21.9 Å². The number of nitrogen functional groups attached to an aromatic ring is 1. The van der Waals surface area contributed by atoms with Gasteiger partial charge in [0.1, 0.15) is 4.90 Å². The molecule has 1 aromatic heterocycles. The molecule has 0 fully saturated rings. The Bertz CT molecular complexity index is 752. The fourth-order valence-electron chi connectivity index (χ4n) is 1.77. The predicted molar refractivity (Wildman–Crippen MR) is 73.7 cm³/mol. The van der Waals surface area contributed by atoms with Gasteiger partial charge in [0, 0.05) is 11.9 Å². The number of pyridine rings is 1. The molecule has 0 spiro atoms. The maximum atomic E-state index is 13.7. The third-order valence-corrected chi connectivity index (χ3v) is 4.31. The van der Waals surface area contributed by atoms with Crippen LogP contribution in [-0.2, 0) is 10.0 Å². The number of aromatic nitrogens is 1. The molecular formula is C13H13F2N3O2S. The molecule has 0 saturated heterocycles. The fraction of sp³-hybridized carbons (Fsp3) is 0.154. The van der Waals surface area contributed by atoms with Gasteiger partial charge in [-0.05, 0) is 31.2 Å². The summed E-state index contributed by atoms with van der Waals surface area (Å²) in [5, 5.41) is 0. The molecule has 0 aliphatic rings. The number of nitrogens with two attached hydrogens (primary N) is 1. The molecule has 21 heavy (non-hydrogen) atoms. The molecule has 0 amide bonds. The number of hydrogen-bond acceptors (Lipinski definition) is 4. The smallest absolute Gasteiger partial charge is 0.244 e. The van der Waals surface area contributed by atoms with Crippen LogP contribution in [-0.4, -0.2) is 13.4 Å². The Kier molecular flexibility index (Phi) is 4.19. The Morgan fingerprint density at radius 1 is 1.29 bits per heavy atom. The quantitative estimate of drug-likeness (QED) is 0.845.